The molecule has 0 aliphatic carbocycles. The zero-order valence-corrected chi connectivity index (χ0v) is 20.2. The molecule has 4 aromatic rings. The smallest absolute Gasteiger partial charge is 0.187 e. The molecule has 8 heteroatoms. The number of hydrogen-bond acceptors (Lipinski definition) is 7. The second kappa shape index (κ2) is 6.99. The van der Waals surface area contributed by atoms with E-state index in [0.29, 0.717) is 11.6 Å². The molecule has 2 aliphatic heterocycles. The van der Waals surface area contributed by atoms with Gasteiger partial charge in [0.15, 0.2) is 5.13 Å². The first-order valence-electron chi connectivity index (χ1n) is 11.4. The van der Waals surface area contributed by atoms with E-state index in [1.165, 1.54) is 12.8 Å². The van der Waals surface area contributed by atoms with Crippen LogP contribution in [0.15, 0.2) is 30.5 Å². The van der Waals surface area contributed by atoms with Crippen LogP contribution in [0.25, 0.3) is 32.5 Å². The summed E-state index contributed by atoms with van der Waals surface area (Å²) in [5, 5.41) is 19.9. The van der Waals surface area contributed by atoms with Gasteiger partial charge in [-0.2, -0.15) is 10.4 Å². The van der Waals surface area contributed by atoms with E-state index in [4.69, 9.17) is 9.97 Å². The van der Waals surface area contributed by atoms with E-state index in [1.54, 1.807) is 16.0 Å². The van der Waals surface area contributed by atoms with Gasteiger partial charge in [0.2, 0.25) is 0 Å². The third-order valence-corrected chi connectivity index (χ3v) is 8.49. The zero-order valence-electron chi connectivity index (χ0n) is 19.4. The van der Waals surface area contributed by atoms with Crippen LogP contribution in [0.3, 0.4) is 0 Å². The summed E-state index contributed by atoms with van der Waals surface area (Å²) in [4.78, 5) is 13.1. The van der Waals surface area contributed by atoms with Crippen molar-refractivity contribution in [2.45, 2.75) is 56.7 Å². The van der Waals surface area contributed by atoms with Crippen LogP contribution in [-0.4, -0.2) is 43.9 Å². The van der Waals surface area contributed by atoms with Gasteiger partial charge in [0.1, 0.15) is 21.9 Å². The molecule has 0 spiro atoms. The average Bonchev–Trinajstić information content (AvgIpc) is 3.43. The van der Waals surface area contributed by atoms with E-state index >= 15 is 0 Å². The molecule has 3 atom stereocenters. The van der Waals surface area contributed by atoms with Crippen LogP contribution < -0.4 is 10.2 Å². The monoisotopic (exact) mass is 457 g/mol. The summed E-state index contributed by atoms with van der Waals surface area (Å²) in [6.07, 6.45) is 6.69. The quantitative estimate of drug-likeness (QED) is 0.484. The lowest BCUT2D eigenvalue weighted by molar-refractivity contribution is 0.208. The number of rotatable bonds is 3. The summed E-state index contributed by atoms with van der Waals surface area (Å²) in [6.45, 7) is 4.72. The highest BCUT2D eigenvalue weighted by atomic mass is 32.1. The Balaban J connectivity index is 1.34. The Morgan fingerprint density at radius 2 is 1.94 bits per heavy atom. The molecule has 6 rings (SSSR count). The Morgan fingerprint density at radius 3 is 2.67 bits per heavy atom. The maximum atomic E-state index is 9.62. The van der Waals surface area contributed by atoms with Crippen LogP contribution in [0.2, 0.25) is 0 Å². The second-order valence-electron chi connectivity index (χ2n) is 10.3. The van der Waals surface area contributed by atoms with Crippen LogP contribution >= 0.6 is 11.3 Å². The van der Waals surface area contributed by atoms with Gasteiger partial charge >= 0.3 is 0 Å². The molecule has 2 saturated heterocycles. The Hall–Kier alpha value is -3.02. The second-order valence-corrected chi connectivity index (χ2v) is 11.3. The van der Waals surface area contributed by atoms with Crippen molar-refractivity contribution >= 4 is 37.7 Å². The molecule has 1 aromatic carbocycles. The van der Waals surface area contributed by atoms with Crippen LogP contribution in [-0.2, 0) is 7.05 Å². The van der Waals surface area contributed by atoms with Crippen molar-refractivity contribution in [3.63, 3.8) is 0 Å². The van der Waals surface area contributed by atoms with Gasteiger partial charge in [0, 0.05) is 48.4 Å². The molecule has 0 radical (unpaired) electrons. The molecule has 0 saturated carbocycles. The zero-order chi connectivity index (χ0) is 23.0. The summed E-state index contributed by atoms with van der Waals surface area (Å²) in [5.74, 6) is 0. The normalized spacial score (nSPS) is 26.7. The summed E-state index contributed by atoms with van der Waals surface area (Å²) in [7, 11) is 4.05. The fraction of sp³-hybridized carbons (Fsp3) is 0.440. The van der Waals surface area contributed by atoms with Crippen LogP contribution in [0.1, 0.15) is 45.1 Å². The molecule has 33 heavy (non-hydrogen) atoms. The topological polar surface area (TPSA) is 82.7 Å². The molecule has 2 bridgehead atoms. The van der Waals surface area contributed by atoms with E-state index in [1.807, 2.05) is 31.4 Å². The number of nitrogens with one attached hydrogen (secondary N) is 1. The Bertz CT molecular complexity index is 1430. The third-order valence-electron chi connectivity index (χ3n) is 7.44. The highest BCUT2D eigenvalue weighted by Crippen LogP contribution is 2.44. The number of fused-ring (bicyclic) bond motifs is 4. The van der Waals surface area contributed by atoms with Crippen molar-refractivity contribution in [2.75, 3.05) is 11.9 Å². The van der Waals surface area contributed by atoms with Gasteiger partial charge < -0.3 is 10.2 Å². The molecule has 7 nitrogen and oxygen atoms in total. The number of anilines is 1. The predicted octanol–water partition coefficient (Wildman–Crippen LogP) is 4.62. The van der Waals surface area contributed by atoms with Gasteiger partial charge in [0.25, 0.3) is 0 Å². The average molecular weight is 458 g/mol. The minimum Gasteiger partial charge on any atom is -0.348 e. The molecule has 2 aliphatic rings. The summed E-state index contributed by atoms with van der Waals surface area (Å²) in [5.41, 5.74) is 4.43. The Kier molecular flexibility index (Phi) is 4.36. The number of aryl methyl sites for hydroxylation is 1. The van der Waals surface area contributed by atoms with Crippen LogP contribution in [0, 0.1) is 11.3 Å². The number of piperidine rings is 1. The number of pyridine rings is 1. The molecule has 5 heterocycles. The van der Waals surface area contributed by atoms with Gasteiger partial charge in [-0.15, -0.1) is 0 Å². The van der Waals surface area contributed by atoms with Crippen LogP contribution in [0.5, 0.6) is 0 Å². The first-order valence-corrected chi connectivity index (χ1v) is 12.2. The third kappa shape index (κ3) is 3.38. The summed E-state index contributed by atoms with van der Waals surface area (Å²) in [6, 6.07) is 10.7. The van der Waals surface area contributed by atoms with Crippen molar-refractivity contribution < 1.29 is 0 Å². The number of thiazole rings is 1. The fourth-order valence-corrected chi connectivity index (χ4v) is 6.83. The highest BCUT2D eigenvalue weighted by Gasteiger charge is 2.49. The van der Waals surface area contributed by atoms with Gasteiger partial charge in [-0.1, -0.05) is 11.3 Å². The minimum absolute atomic E-state index is 0.220. The van der Waals surface area contributed by atoms with E-state index in [0.717, 1.165) is 50.5 Å². The lowest BCUT2D eigenvalue weighted by atomic mass is 9.84. The van der Waals surface area contributed by atoms with E-state index in [9.17, 15) is 5.26 Å². The van der Waals surface area contributed by atoms with Gasteiger partial charge in [-0.3, -0.25) is 4.68 Å². The van der Waals surface area contributed by atoms with Crippen molar-refractivity contribution in [1.29, 1.82) is 5.26 Å². The molecular weight excluding hydrogens is 430 g/mol. The number of nitriles is 1. The first kappa shape index (κ1) is 20.6. The van der Waals surface area contributed by atoms with Crippen molar-refractivity contribution in [3.05, 3.63) is 36.0 Å². The Morgan fingerprint density at radius 1 is 1.18 bits per heavy atom. The molecule has 168 valence electrons. The number of benzene rings is 1. The highest BCUT2D eigenvalue weighted by molar-refractivity contribution is 7.21. The molecule has 1 unspecified atom stereocenters. The van der Waals surface area contributed by atoms with Crippen molar-refractivity contribution in [2.24, 2.45) is 7.05 Å². The largest absolute Gasteiger partial charge is 0.348 e. The van der Waals surface area contributed by atoms with E-state index in [2.05, 4.69) is 48.3 Å². The van der Waals surface area contributed by atoms with Crippen molar-refractivity contribution in [1.82, 2.24) is 25.1 Å². The standard InChI is InChI=1S/C25H27N7S/c1-24-7-8-25(2,30-24)12-18(11-24)32(4)23-28-20-6-5-19(27-22(20)33-23)15-9-16(13-26)21-17(10-15)14-31(3)29-21/h5-6,9-10,14,18,30H,7-8,11-12H2,1-4H3/t18?,24-,25+. The maximum Gasteiger partial charge on any atom is 0.187 e. The SMILES string of the molecule is CN(c1nc2ccc(-c3cc(C#N)c4nn(C)cc4c3)nc2s1)C1C[C@]2(C)CC[C@](C)(C1)N2. The first-order chi connectivity index (χ1) is 15.7. The molecule has 1 N–H and O–H groups in total. The fourth-order valence-electron chi connectivity index (χ4n) is 5.86. The van der Waals surface area contributed by atoms with E-state index in [-0.39, 0.29) is 11.1 Å². The number of aromatic nitrogens is 4. The van der Waals surface area contributed by atoms with E-state index < -0.39 is 0 Å². The lowest BCUT2D eigenvalue weighted by Crippen LogP contribution is -2.58. The predicted molar refractivity (Wildman–Crippen MR) is 132 cm³/mol. The summed E-state index contributed by atoms with van der Waals surface area (Å²) < 4.78 is 1.74. The maximum absolute atomic E-state index is 9.62. The minimum atomic E-state index is 0.220. The van der Waals surface area contributed by atoms with Gasteiger partial charge in [-0.05, 0) is 63.8 Å². The molecule has 0 amide bonds. The molecular formula is C25H27N7S. The summed E-state index contributed by atoms with van der Waals surface area (Å²) >= 11 is 1.65. The van der Waals surface area contributed by atoms with Gasteiger partial charge in [0.05, 0.1) is 11.3 Å². The van der Waals surface area contributed by atoms with Gasteiger partial charge in [-0.25, -0.2) is 9.97 Å². The number of nitrogens with zero attached hydrogens (tertiary/aromatic N) is 6. The van der Waals surface area contributed by atoms with Crippen LogP contribution in [0.4, 0.5) is 5.13 Å². The molecule has 2 fully saturated rings. The number of hydrogen-bond donors (Lipinski definition) is 1. The van der Waals surface area contributed by atoms with Crippen molar-refractivity contribution in [3.8, 4) is 17.3 Å². The molecule has 3 aromatic heterocycles. The lowest BCUT2D eigenvalue weighted by Gasteiger charge is -2.45. The Labute approximate surface area is 197 Å².